The molecule has 0 spiro atoms. The maximum atomic E-state index is 14.3. The maximum Gasteiger partial charge on any atom is 0.282 e. The summed E-state index contributed by atoms with van der Waals surface area (Å²) in [6.07, 6.45) is -1.41. The summed E-state index contributed by atoms with van der Waals surface area (Å²) in [5.41, 5.74) is 4.47. The van der Waals surface area contributed by atoms with Crippen LogP contribution in [-0.4, -0.2) is 31.3 Å². The number of nitrogens with zero attached hydrogens (tertiary/aromatic N) is 1. The molecular formula is C14H14BrF3N2O2. The van der Waals surface area contributed by atoms with E-state index in [0.29, 0.717) is 4.47 Å². The summed E-state index contributed by atoms with van der Waals surface area (Å²) < 4.78 is 52.9. The number of hydrogen-bond acceptors (Lipinski definition) is 4. The first-order chi connectivity index (χ1) is 10.2. The predicted octanol–water partition coefficient (Wildman–Crippen LogP) is 2.80. The molecule has 2 N–H and O–H groups in total. The number of nitrogens with two attached hydrogens (primary N) is 1. The first kappa shape index (κ1) is 15.6. The molecule has 120 valence electrons. The van der Waals surface area contributed by atoms with Crippen LogP contribution in [0.3, 0.4) is 0 Å². The molecule has 0 amide bonds. The van der Waals surface area contributed by atoms with Crippen LogP contribution in [0.5, 0.6) is 0 Å². The molecule has 1 aromatic rings. The van der Waals surface area contributed by atoms with Gasteiger partial charge in [-0.2, -0.15) is 0 Å². The van der Waals surface area contributed by atoms with E-state index in [-0.39, 0.29) is 24.8 Å². The van der Waals surface area contributed by atoms with Gasteiger partial charge in [0, 0.05) is 17.0 Å². The van der Waals surface area contributed by atoms with Gasteiger partial charge in [0.05, 0.1) is 19.1 Å². The third-order valence-corrected chi connectivity index (χ3v) is 4.57. The van der Waals surface area contributed by atoms with Crippen LogP contribution in [0.2, 0.25) is 0 Å². The van der Waals surface area contributed by atoms with Gasteiger partial charge in [0.1, 0.15) is 17.5 Å². The second-order valence-electron chi connectivity index (χ2n) is 5.60. The third kappa shape index (κ3) is 2.38. The van der Waals surface area contributed by atoms with E-state index in [1.807, 2.05) is 0 Å². The molecular weight excluding hydrogens is 365 g/mol. The van der Waals surface area contributed by atoms with Gasteiger partial charge >= 0.3 is 0 Å². The first-order valence-electron chi connectivity index (χ1n) is 6.67. The summed E-state index contributed by atoms with van der Waals surface area (Å²) >= 11 is 3.26. The molecule has 1 fully saturated rings. The summed E-state index contributed by atoms with van der Waals surface area (Å²) in [5, 5.41) is 0. The SMILES string of the molecule is CC(F)(F)[C@H]1OC[C@]2(c3cc(Br)ccc3F)N=C(N)OC[C@H]12. The lowest BCUT2D eigenvalue weighted by Gasteiger charge is -2.37. The topological polar surface area (TPSA) is 56.8 Å². The lowest BCUT2D eigenvalue weighted by molar-refractivity contribution is -0.121. The van der Waals surface area contributed by atoms with Crippen LogP contribution in [0.1, 0.15) is 12.5 Å². The summed E-state index contributed by atoms with van der Waals surface area (Å²) in [6.45, 7) is 0.491. The molecule has 0 unspecified atom stereocenters. The number of alkyl halides is 2. The van der Waals surface area contributed by atoms with E-state index in [1.165, 1.54) is 18.2 Å². The van der Waals surface area contributed by atoms with Crippen molar-refractivity contribution in [2.75, 3.05) is 13.2 Å². The molecule has 0 bridgehead atoms. The molecule has 1 aromatic carbocycles. The number of halogens is 4. The van der Waals surface area contributed by atoms with Crippen molar-refractivity contribution in [1.29, 1.82) is 0 Å². The van der Waals surface area contributed by atoms with Gasteiger partial charge in [-0.05, 0) is 18.2 Å². The molecule has 3 atom stereocenters. The summed E-state index contributed by atoms with van der Waals surface area (Å²) in [4.78, 5) is 4.16. The minimum Gasteiger partial charge on any atom is -0.465 e. The Morgan fingerprint density at radius 3 is 2.86 bits per heavy atom. The highest BCUT2D eigenvalue weighted by Crippen LogP contribution is 2.49. The Kier molecular flexibility index (Phi) is 3.64. The van der Waals surface area contributed by atoms with Crippen LogP contribution in [0.4, 0.5) is 13.2 Å². The zero-order valence-electron chi connectivity index (χ0n) is 11.7. The highest BCUT2D eigenvalue weighted by molar-refractivity contribution is 9.10. The predicted molar refractivity (Wildman–Crippen MR) is 77.2 cm³/mol. The van der Waals surface area contributed by atoms with Crippen molar-refractivity contribution in [2.45, 2.75) is 24.5 Å². The lowest BCUT2D eigenvalue weighted by atomic mass is 9.76. The Bertz CT molecular complexity index is 635. The Labute approximate surface area is 133 Å². The van der Waals surface area contributed by atoms with Crippen LogP contribution in [-0.2, 0) is 15.0 Å². The van der Waals surface area contributed by atoms with Crippen molar-refractivity contribution in [3.8, 4) is 0 Å². The second kappa shape index (κ2) is 5.13. The zero-order chi connectivity index (χ0) is 16.1. The van der Waals surface area contributed by atoms with Crippen molar-refractivity contribution in [1.82, 2.24) is 0 Å². The Morgan fingerprint density at radius 2 is 2.18 bits per heavy atom. The van der Waals surface area contributed by atoms with Gasteiger partial charge in [-0.25, -0.2) is 18.2 Å². The number of hydrogen-bond donors (Lipinski definition) is 1. The summed E-state index contributed by atoms with van der Waals surface area (Å²) in [6, 6.07) is 4.14. The van der Waals surface area contributed by atoms with Gasteiger partial charge in [0.25, 0.3) is 11.9 Å². The van der Waals surface area contributed by atoms with E-state index in [9.17, 15) is 13.2 Å². The van der Waals surface area contributed by atoms with Crippen LogP contribution in [0.15, 0.2) is 27.7 Å². The number of aliphatic imine (C=N–C) groups is 1. The number of ether oxygens (including phenoxy) is 2. The molecule has 0 radical (unpaired) electrons. The quantitative estimate of drug-likeness (QED) is 0.860. The molecule has 2 aliphatic rings. The Balaban J connectivity index is 2.15. The van der Waals surface area contributed by atoms with Gasteiger partial charge in [-0.15, -0.1) is 0 Å². The van der Waals surface area contributed by atoms with Crippen molar-refractivity contribution in [2.24, 2.45) is 16.6 Å². The largest absolute Gasteiger partial charge is 0.465 e. The zero-order valence-corrected chi connectivity index (χ0v) is 13.2. The van der Waals surface area contributed by atoms with E-state index in [0.717, 1.165) is 6.92 Å². The fraction of sp³-hybridized carbons (Fsp3) is 0.500. The standard InChI is InChI=1S/C14H14BrF3N2O2/c1-13(17,18)11-9-5-21-12(19)20-14(9,6-22-11)8-4-7(15)2-3-10(8)16/h2-4,9,11H,5-6H2,1H3,(H2,19,20)/t9-,11+,14-/m1/s1. The first-order valence-corrected chi connectivity index (χ1v) is 7.46. The molecule has 22 heavy (non-hydrogen) atoms. The summed E-state index contributed by atoms with van der Waals surface area (Å²) in [5.74, 6) is -4.47. The van der Waals surface area contributed by atoms with Crippen LogP contribution in [0.25, 0.3) is 0 Å². The molecule has 3 rings (SSSR count). The summed E-state index contributed by atoms with van der Waals surface area (Å²) in [7, 11) is 0. The van der Waals surface area contributed by atoms with E-state index in [4.69, 9.17) is 15.2 Å². The average molecular weight is 379 g/mol. The van der Waals surface area contributed by atoms with Crippen molar-refractivity contribution >= 4 is 22.0 Å². The maximum absolute atomic E-state index is 14.3. The minimum atomic E-state index is -3.10. The number of amidine groups is 1. The fourth-order valence-corrected chi connectivity index (χ4v) is 3.46. The molecule has 2 aliphatic heterocycles. The molecule has 2 heterocycles. The highest BCUT2D eigenvalue weighted by Gasteiger charge is 2.60. The van der Waals surface area contributed by atoms with E-state index < -0.39 is 29.3 Å². The van der Waals surface area contributed by atoms with Crippen LogP contribution >= 0.6 is 15.9 Å². The number of benzene rings is 1. The molecule has 0 aliphatic carbocycles. The van der Waals surface area contributed by atoms with Crippen LogP contribution in [0, 0.1) is 11.7 Å². The molecule has 0 aromatic heterocycles. The van der Waals surface area contributed by atoms with Gasteiger partial charge < -0.3 is 15.2 Å². The Hall–Kier alpha value is -1.28. The fourth-order valence-electron chi connectivity index (χ4n) is 3.10. The minimum absolute atomic E-state index is 0.102. The monoisotopic (exact) mass is 378 g/mol. The normalized spacial score (nSPS) is 31.4. The average Bonchev–Trinajstić information content (AvgIpc) is 2.80. The molecule has 1 saturated heterocycles. The van der Waals surface area contributed by atoms with Gasteiger partial charge in [-0.3, -0.25) is 0 Å². The Morgan fingerprint density at radius 1 is 1.45 bits per heavy atom. The molecule has 4 nitrogen and oxygen atoms in total. The van der Waals surface area contributed by atoms with E-state index in [2.05, 4.69) is 20.9 Å². The lowest BCUT2D eigenvalue weighted by Crippen LogP contribution is -2.48. The van der Waals surface area contributed by atoms with Gasteiger partial charge in [0.15, 0.2) is 0 Å². The van der Waals surface area contributed by atoms with Gasteiger partial charge in [0.2, 0.25) is 0 Å². The number of fused-ring (bicyclic) bond motifs is 1. The van der Waals surface area contributed by atoms with E-state index in [1.54, 1.807) is 0 Å². The van der Waals surface area contributed by atoms with Crippen molar-refractivity contribution < 1.29 is 22.6 Å². The molecule has 0 saturated carbocycles. The molecule has 8 heteroatoms. The van der Waals surface area contributed by atoms with Crippen LogP contribution < -0.4 is 5.73 Å². The number of rotatable bonds is 2. The van der Waals surface area contributed by atoms with Gasteiger partial charge in [-0.1, -0.05) is 15.9 Å². The second-order valence-corrected chi connectivity index (χ2v) is 6.52. The highest BCUT2D eigenvalue weighted by atomic mass is 79.9. The van der Waals surface area contributed by atoms with E-state index >= 15 is 0 Å². The van der Waals surface area contributed by atoms with Crippen molar-refractivity contribution in [3.63, 3.8) is 0 Å². The van der Waals surface area contributed by atoms with Crippen molar-refractivity contribution in [3.05, 3.63) is 34.1 Å². The smallest absolute Gasteiger partial charge is 0.282 e. The third-order valence-electron chi connectivity index (χ3n) is 4.08.